The predicted octanol–water partition coefficient (Wildman–Crippen LogP) is 3.18. The Morgan fingerprint density at radius 3 is 2.58 bits per heavy atom. The van der Waals surface area contributed by atoms with Crippen molar-refractivity contribution in [3.8, 4) is 0 Å². The molecule has 5 nitrogen and oxygen atoms in total. The molecule has 0 aliphatic carbocycles. The van der Waals surface area contributed by atoms with Crippen molar-refractivity contribution >= 4 is 23.6 Å². The Morgan fingerprint density at radius 2 is 1.96 bits per heavy atom. The van der Waals surface area contributed by atoms with Gasteiger partial charge >= 0.3 is 6.09 Å². The molecule has 0 saturated carbocycles. The van der Waals surface area contributed by atoms with Gasteiger partial charge in [-0.05, 0) is 37.0 Å². The van der Waals surface area contributed by atoms with Gasteiger partial charge in [0, 0.05) is 30.6 Å². The monoisotopic (exact) mass is 350 g/mol. The van der Waals surface area contributed by atoms with Crippen LogP contribution in [0.4, 0.5) is 4.79 Å². The number of nitrogens with zero attached hydrogens (tertiary/aromatic N) is 1. The second kappa shape index (κ2) is 9.33. The van der Waals surface area contributed by atoms with Crippen LogP contribution in [0.1, 0.15) is 24.8 Å². The number of piperidine rings is 1. The summed E-state index contributed by atoms with van der Waals surface area (Å²) in [7, 11) is 0. The minimum Gasteiger partial charge on any atom is -0.445 e. The molecule has 0 spiro atoms. The molecule has 0 unspecified atom stereocenters. The Morgan fingerprint density at radius 1 is 1.29 bits per heavy atom. The summed E-state index contributed by atoms with van der Waals surface area (Å²) in [6.45, 7) is 4.93. The largest absolute Gasteiger partial charge is 0.445 e. The van der Waals surface area contributed by atoms with Gasteiger partial charge in [0.2, 0.25) is 5.91 Å². The summed E-state index contributed by atoms with van der Waals surface area (Å²) < 4.78 is 5.02. The van der Waals surface area contributed by atoms with Crippen LogP contribution in [-0.4, -0.2) is 42.6 Å². The fourth-order valence-electron chi connectivity index (χ4n) is 2.64. The zero-order chi connectivity index (χ0) is 17.4. The minimum atomic E-state index is -0.317. The number of carbonyl (C=O) groups excluding carboxylic acids is 2. The third-order valence-corrected chi connectivity index (χ3v) is 4.25. The quantitative estimate of drug-likeness (QED) is 0.802. The van der Waals surface area contributed by atoms with E-state index >= 15 is 0 Å². The van der Waals surface area contributed by atoms with E-state index in [2.05, 4.69) is 11.9 Å². The van der Waals surface area contributed by atoms with E-state index in [0.717, 1.165) is 18.4 Å². The van der Waals surface area contributed by atoms with E-state index in [1.165, 1.54) is 0 Å². The molecule has 0 radical (unpaired) electrons. The summed E-state index contributed by atoms with van der Waals surface area (Å²) in [6.07, 6.45) is 3.86. The highest BCUT2D eigenvalue weighted by atomic mass is 35.5. The van der Waals surface area contributed by atoms with Gasteiger partial charge in [0.1, 0.15) is 6.61 Å². The van der Waals surface area contributed by atoms with Crippen LogP contribution in [0.2, 0.25) is 5.02 Å². The Bertz CT molecular complexity index is 566. The van der Waals surface area contributed by atoms with Gasteiger partial charge in [-0.2, -0.15) is 0 Å². The summed E-state index contributed by atoms with van der Waals surface area (Å²) >= 11 is 5.84. The first-order valence-corrected chi connectivity index (χ1v) is 8.52. The molecule has 130 valence electrons. The maximum Gasteiger partial charge on any atom is 0.410 e. The molecular formula is C18H23ClN2O3. The Kier molecular flexibility index (Phi) is 7.12. The smallest absolute Gasteiger partial charge is 0.410 e. The van der Waals surface area contributed by atoms with Gasteiger partial charge < -0.3 is 15.0 Å². The first-order chi connectivity index (χ1) is 11.6. The lowest BCUT2D eigenvalue weighted by Gasteiger charge is -2.31. The van der Waals surface area contributed by atoms with Gasteiger partial charge in [-0.1, -0.05) is 36.4 Å². The van der Waals surface area contributed by atoms with E-state index in [-0.39, 0.29) is 24.6 Å². The number of likely N-dealkylation sites (tertiary alicyclic amines) is 1. The maximum atomic E-state index is 12.1. The number of amides is 2. The molecule has 1 aliphatic heterocycles. The van der Waals surface area contributed by atoms with Crippen molar-refractivity contribution in [3.05, 3.63) is 47.5 Å². The zero-order valence-corrected chi connectivity index (χ0v) is 14.4. The molecule has 1 aliphatic rings. The second-order valence-corrected chi connectivity index (χ2v) is 6.26. The first kappa shape index (κ1) is 18.3. The van der Waals surface area contributed by atoms with Crippen LogP contribution in [0.25, 0.3) is 0 Å². The normalized spacial score (nSPS) is 15.0. The molecule has 1 aromatic rings. The number of aryl methyl sites for hydroxylation is 1. The Hall–Kier alpha value is -2.01. The third-order valence-electron chi connectivity index (χ3n) is 4.00. The predicted molar refractivity (Wildman–Crippen MR) is 94.1 cm³/mol. The molecule has 6 heteroatoms. The van der Waals surface area contributed by atoms with E-state index in [9.17, 15) is 9.59 Å². The van der Waals surface area contributed by atoms with Crippen molar-refractivity contribution in [2.75, 3.05) is 19.7 Å². The second-order valence-electron chi connectivity index (χ2n) is 5.82. The van der Waals surface area contributed by atoms with Crippen LogP contribution in [0.5, 0.6) is 0 Å². The average Bonchev–Trinajstić information content (AvgIpc) is 2.60. The molecule has 1 fully saturated rings. The number of carbonyl (C=O) groups is 2. The lowest BCUT2D eigenvalue weighted by molar-refractivity contribution is -0.122. The number of hydrogen-bond acceptors (Lipinski definition) is 3. The topological polar surface area (TPSA) is 58.6 Å². The molecular weight excluding hydrogens is 328 g/mol. The van der Waals surface area contributed by atoms with E-state index in [1.54, 1.807) is 11.0 Å². The molecule has 1 saturated heterocycles. The summed E-state index contributed by atoms with van der Waals surface area (Å²) in [5.41, 5.74) is 1.09. The van der Waals surface area contributed by atoms with E-state index in [0.29, 0.717) is 31.0 Å². The van der Waals surface area contributed by atoms with Crippen LogP contribution in [0.15, 0.2) is 36.9 Å². The summed E-state index contributed by atoms with van der Waals surface area (Å²) in [5, 5.41) is 3.74. The Balaban J connectivity index is 1.67. The summed E-state index contributed by atoms with van der Waals surface area (Å²) in [4.78, 5) is 25.4. The highest BCUT2D eigenvalue weighted by Gasteiger charge is 2.24. The van der Waals surface area contributed by atoms with Crippen molar-refractivity contribution in [1.29, 1.82) is 0 Å². The molecule has 2 rings (SSSR count). The van der Waals surface area contributed by atoms with E-state index in [1.807, 2.05) is 24.3 Å². The molecule has 0 aromatic heterocycles. The SMILES string of the molecule is C=CCOC(=O)N1CCC(NC(=O)CCc2ccc(Cl)cc2)CC1. The molecule has 1 heterocycles. The third kappa shape index (κ3) is 5.89. The van der Waals surface area contributed by atoms with Gasteiger partial charge in [-0.3, -0.25) is 4.79 Å². The van der Waals surface area contributed by atoms with Crippen LogP contribution in [0.3, 0.4) is 0 Å². The standard InChI is InChI=1S/C18H23ClN2O3/c1-2-13-24-18(23)21-11-9-16(10-12-21)20-17(22)8-5-14-3-6-15(19)7-4-14/h2-4,6-7,16H,1,5,8-13H2,(H,20,22). The van der Waals surface area contributed by atoms with Gasteiger partial charge in [0.05, 0.1) is 0 Å². The lowest BCUT2D eigenvalue weighted by Crippen LogP contribution is -2.46. The average molecular weight is 351 g/mol. The van der Waals surface area contributed by atoms with Crippen LogP contribution < -0.4 is 5.32 Å². The van der Waals surface area contributed by atoms with Crippen molar-refractivity contribution in [3.63, 3.8) is 0 Å². The molecule has 24 heavy (non-hydrogen) atoms. The van der Waals surface area contributed by atoms with E-state index < -0.39 is 0 Å². The van der Waals surface area contributed by atoms with Crippen molar-refractivity contribution in [2.45, 2.75) is 31.7 Å². The molecule has 0 bridgehead atoms. The minimum absolute atomic E-state index is 0.0395. The van der Waals surface area contributed by atoms with Crippen molar-refractivity contribution in [2.24, 2.45) is 0 Å². The van der Waals surface area contributed by atoms with Crippen LogP contribution >= 0.6 is 11.6 Å². The lowest BCUT2D eigenvalue weighted by atomic mass is 10.0. The van der Waals surface area contributed by atoms with Crippen LogP contribution in [0, 0.1) is 0 Å². The van der Waals surface area contributed by atoms with E-state index in [4.69, 9.17) is 16.3 Å². The molecule has 2 amide bonds. The number of halogens is 1. The van der Waals surface area contributed by atoms with Gasteiger partial charge in [-0.25, -0.2) is 4.79 Å². The highest BCUT2D eigenvalue weighted by molar-refractivity contribution is 6.30. The van der Waals surface area contributed by atoms with Crippen molar-refractivity contribution in [1.82, 2.24) is 10.2 Å². The summed E-state index contributed by atoms with van der Waals surface area (Å²) in [6, 6.07) is 7.64. The fraction of sp³-hybridized carbons (Fsp3) is 0.444. The fourth-order valence-corrected chi connectivity index (χ4v) is 2.76. The highest BCUT2D eigenvalue weighted by Crippen LogP contribution is 2.13. The molecule has 1 aromatic carbocycles. The number of nitrogens with one attached hydrogen (secondary N) is 1. The number of benzene rings is 1. The number of hydrogen-bond donors (Lipinski definition) is 1. The van der Waals surface area contributed by atoms with Gasteiger partial charge in [-0.15, -0.1) is 0 Å². The van der Waals surface area contributed by atoms with Gasteiger partial charge in [0.25, 0.3) is 0 Å². The molecule has 0 atom stereocenters. The van der Waals surface area contributed by atoms with Crippen LogP contribution in [-0.2, 0) is 16.0 Å². The maximum absolute atomic E-state index is 12.1. The molecule has 1 N–H and O–H groups in total. The number of ether oxygens (including phenoxy) is 1. The zero-order valence-electron chi connectivity index (χ0n) is 13.7. The first-order valence-electron chi connectivity index (χ1n) is 8.15. The van der Waals surface area contributed by atoms with Crippen molar-refractivity contribution < 1.29 is 14.3 Å². The Labute approximate surface area is 147 Å². The van der Waals surface area contributed by atoms with Gasteiger partial charge in [0.15, 0.2) is 0 Å². The number of rotatable bonds is 6. The summed E-state index contributed by atoms with van der Waals surface area (Å²) in [5.74, 6) is 0.0395.